The number of nitrogens with two attached hydrogens (primary N) is 1. The van der Waals surface area contributed by atoms with Gasteiger partial charge in [0.15, 0.2) is 0 Å². The van der Waals surface area contributed by atoms with Crippen molar-refractivity contribution in [2.75, 3.05) is 24.8 Å². The first-order chi connectivity index (χ1) is 9.61. The van der Waals surface area contributed by atoms with Crippen molar-refractivity contribution in [3.05, 3.63) is 53.9 Å². The molecule has 0 spiro atoms. The third-order valence-corrected chi connectivity index (χ3v) is 3.03. The van der Waals surface area contributed by atoms with Crippen LogP contribution < -0.4 is 10.6 Å². The van der Waals surface area contributed by atoms with E-state index in [1.807, 2.05) is 30.1 Å². The number of nitrogens with zero attached hydrogens (tertiary/aromatic N) is 2. The Morgan fingerprint density at radius 1 is 1.30 bits per heavy atom. The number of hydrogen-bond donors (Lipinski definition) is 1. The predicted molar refractivity (Wildman–Crippen MR) is 78.5 cm³/mol. The Labute approximate surface area is 118 Å². The number of rotatable bonds is 4. The lowest BCUT2D eigenvalue weighted by molar-refractivity contribution is 0.0600. The fraction of sp³-hybridized carbons (Fsp3) is 0.200. The summed E-state index contributed by atoms with van der Waals surface area (Å²) in [6.45, 7) is 0.690. The molecule has 0 aliphatic carbocycles. The second-order valence-electron chi connectivity index (χ2n) is 4.48. The predicted octanol–water partition coefficient (Wildman–Crippen LogP) is 2.09. The van der Waals surface area contributed by atoms with Crippen molar-refractivity contribution in [1.29, 1.82) is 0 Å². The maximum Gasteiger partial charge on any atom is 0.337 e. The van der Waals surface area contributed by atoms with Gasteiger partial charge in [0.05, 0.1) is 30.2 Å². The molecule has 104 valence electrons. The minimum Gasteiger partial charge on any atom is -0.465 e. The van der Waals surface area contributed by atoms with Crippen LogP contribution in [0.25, 0.3) is 0 Å². The molecule has 0 bridgehead atoms. The molecular formula is C15H17N3O2. The van der Waals surface area contributed by atoms with Crippen LogP contribution in [-0.2, 0) is 11.3 Å². The Balaban J connectivity index is 2.10. The number of carbonyl (C=O) groups is 1. The third kappa shape index (κ3) is 3.06. The number of pyridine rings is 1. The number of benzene rings is 1. The number of methoxy groups -OCH3 is 1. The van der Waals surface area contributed by atoms with Gasteiger partial charge in [-0.25, -0.2) is 4.79 Å². The second kappa shape index (κ2) is 6.06. The van der Waals surface area contributed by atoms with Crippen LogP contribution in [0, 0.1) is 0 Å². The number of anilines is 2. The van der Waals surface area contributed by atoms with Gasteiger partial charge < -0.3 is 15.4 Å². The van der Waals surface area contributed by atoms with Gasteiger partial charge in [-0.05, 0) is 23.8 Å². The highest BCUT2D eigenvalue weighted by Crippen LogP contribution is 2.21. The average Bonchev–Trinajstić information content (AvgIpc) is 2.47. The molecule has 0 fully saturated rings. The van der Waals surface area contributed by atoms with Crippen LogP contribution in [0.15, 0.2) is 42.7 Å². The molecule has 1 aromatic heterocycles. The van der Waals surface area contributed by atoms with E-state index in [2.05, 4.69) is 9.72 Å². The zero-order valence-electron chi connectivity index (χ0n) is 11.5. The molecule has 0 saturated carbocycles. The van der Waals surface area contributed by atoms with E-state index in [1.165, 1.54) is 7.11 Å². The molecule has 0 atom stereocenters. The van der Waals surface area contributed by atoms with E-state index < -0.39 is 0 Å². The highest BCUT2D eigenvalue weighted by molar-refractivity contribution is 5.89. The van der Waals surface area contributed by atoms with E-state index in [-0.39, 0.29) is 5.97 Å². The molecule has 2 N–H and O–H groups in total. The summed E-state index contributed by atoms with van der Waals surface area (Å²) in [4.78, 5) is 17.4. The number of nitrogen functional groups attached to an aromatic ring is 1. The van der Waals surface area contributed by atoms with Crippen LogP contribution in [-0.4, -0.2) is 25.1 Å². The summed E-state index contributed by atoms with van der Waals surface area (Å²) in [6, 6.07) is 9.19. The Hall–Kier alpha value is -2.56. The molecule has 1 aromatic carbocycles. The smallest absolute Gasteiger partial charge is 0.337 e. The van der Waals surface area contributed by atoms with Crippen molar-refractivity contribution in [1.82, 2.24) is 4.98 Å². The van der Waals surface area contributed by atoms with Gasteiger partial charge in [-0.1, -0.05) is 12.1 Å². The summed E-state index contributed by atoms with van der Waals surface area (Å²) in [5.74, 6) is -0.330. The maximum atomic E-state index is 11.4. The maximum absolute atomic E-state index is 11.4. The molecule has 0 radical (unpaired) electrons. The lowest BCUT2D eigenvalue weighted by Gasteiger charge is -2.20. The number of aromatic nitrogens is 1. The Morgan fingerprint density at radius 2 is 2.00 bits per heavy atom. The van der Waals surface area contributed by atoms with E-state index >= 15 is 0 Å². The Morgan fingerprint density at radius 3 is 2.60 bits per heavy atom. The van der Waals surface area contributed by atoms with Crippen molar-refractivity contribution in [3.63, 3.8) is 0 Å². The van der Waals surface area contributed by atoms with E-state index in [0.29, 0.717) is 17.8 Å². The molecule has 1 heterocycles. The van der Waals surface area contributed by atoms with Gasteiger partial charge in [0, 0.05) is 19.8 Å². The van der Waals surface area contributed by atoms with Crippen molar-refractivity contribution < 1.29 is 9.53 Å². The number of ether oxygens (including phenoxy) is 1. The third-order valence-electron chi connectivity index (χ3n) is 3.03. The summed E-state index contributed by atoms with van der Waals surface area (Å²) >= 11 is 0. The van der Waals surface area contributed by atoms with Crippen LogP contribution in [0.2, 0.25) is 0 Å². The quantitative estimate of drug-likeness (QED) is 0.862. The SMILES string of the molecule is COC(=O)c1ccc(CN(C)c2ccncc2N)cc1. The monoisotopic (exact) mass is 271 g/mol. The molecule has 0 aliphatic rings. The summed E-state index contributed by atoms with van der Waals surface area (Å²) in [5.41, 5.74) is 9.08. The summed E-state index contributed by atoms with van der Waals surface area (Å²) < 4.78 is 4.67. The molecular weight excluding hydrogens is 254 g/mol. The van der Waals surface area contributed by atoms with Crippen LogP contribution >= 0.6 is 0 Å². The first-order valence-corrected chi connectivity index (χ1v) is 6.19. The fourth-order valence-electron chi connectivity index (χ4n) is 1.97. The van der Waals surface area contributed by atoms with E-state index in [1.54, 1.807) is 24.5 Å². The highest BCUT2D eigenvalue weighted by Gasteiger charge is 2.08. The van der Waals surface area contributed by atoms with Crippen LogP contribution in [0.4, 0.5) is 11.4 Å². The van der Waals surface area contributed by atoms with Crippen LogP contribution in [0.1, 0.15) is 15.9 Å². The van der Waals surface area contributed by atoms with E-state index in [4.69, 9.17) is 5.73 Å². The van der Waals surface area contributed by atoms with Crippen molar-refractivity contribution in [3.8, 4) is 0 Å². The minimum absolute atomic E-state index is 0.330. The van der Waals surface area contributed by atoms with Gasteiger partial charge >= 0.3 is 5.97 Å². The molecule has 5 nitrogen and oxygen atoms in total. The molecule has 2 aromatic rings. The molecule has 0 saturated heterocycles. The van der Waals surface area contributed by atoms with E-state index in [9.17, 15) is 4.79 Å². The Kier molecular flexibility index (Phi) is 4.20. The van der Waals surface area contributed by atoms with Gasteiger partial charge in [-0.3, -0.25) is 4.98 Å². The zero-order valence-corrected chi connectivity index (χ0v) is 11.5. The summed E-state index contributed by atoms with van der Waals surface area (Å²) in [6.07, 6.45) is 3.34. The first kappa shape index (κ1) is 13.9. The summed E-state index contributed by atoms with van der Waals surface area (Å²) in [5, 5.41) is 0. The number of esters is 1. The molecule has 0 amide bonds. The number of carbonyl (C=O) groups excluding carboxylic acids is 1. The standard InChI is InChI=1S/C15H17N3O2/c1-18(14-7-8-17-9-13(14)16)10-11-3-5-12(6-4-11)15(19)20-2/h3-9H,10,16H2,1-2H3. The van der Waals surface area contributed by atoms with Crippen molar-refractivity contribution >= 4 is 17.3 Å². The minimum atomic E-state index is -0.330. The van der Waals surface area contributed by atoms with Gasteiger partial charge in [0.1, 0.15) is 0 Å². The fourth-order valence-corrected chi connectivity index (χ4v) is 1.97. The van der Waals surface area contributed by atoms with Gasteiger partial charge in [-0.15, -0.1) is 0 Å². The van der Waals surface area contributed by atoms with Gasteiger partial charge in [0.2, 0.25) is 0 Å². The zero-order chi connectivity index (χ0) is 14.5. The molecule has 2 rings (SSSR count). The molecule has 0 aliphatic heterocycles. The first-order valence-electron chi connectivity index (χ1n) is 6.19. The molecule has 20 heavy (non-hydrogen) atoms. The van der Waals surface area contributed by atoms with Gasteiger partial charge in [-0.2, -0.15) is 0 Å². The van der Waals surface area contributed by atoms with Crippen molar-refractivity contribution in [2.45, 2.75) is 6.54 Å². The van der Waals surface area contributed by atoms with Gasteiger partial charge in [0.25, 0.3) is 0 Å². The molecule has 0 unspecified atom stereocenters. The average molecular weight is 271 g/mol. The van der Waals surface area contributed by atoms with Crippen LogP contribution in [0.3, 0.4) is 0 Å². The topological polar surface area (TPSA) is 68.5 Å². The Bertz CT molecular complexity index is 596. The normalized spacial score (nSPS) is 10.1. The van der Waals surface area contributed by atoms with Crippen LogP contribution in [0.5, 0.6) is 0 Å². The number of hydrogen-bond acceptors (Lipinski definition) is 5. The second-order valence-corrected chi connectivity index (χ2v) is 4.48. The lowest BCUT2D eigenvalue weighted by Crippen LogP contribution is -2.18. The largest absolute Gasteiger partial charge is 0.465 e. The lowest BCUT2D eigenvalue weighted by atomic mass is 10.1. The highest BCUT2D eigenvalue weighted by atomic mass is 16.5. The summed E-state index contributed by atoms with van der Waals surface area (Å²) in [7, 11) is 3.33. The molecule has 5 heteroatoms. The van der Waals surface area contributed by atoms with Crippen molar-refractivity contribution in [2.24, 2.45) is 0 Å². The van der Waals surface area contributed by atoms with E-state index in [0.717, 1.165) is 11.3 Å².